The first kappa shape index (κ1) is 22.8. The van der Waals surface area contributed by atoms with E-state index >= 15 is 0 Å². The first-order valence-electron chi connectivity index (χ1n) is 11.4. The number of nitriles is 1. The van der Waals surface area contributed by atoms with Gasteiger partial charge in [0.25, 0.3) is 0 Å². The summed E-state index contributed by atoms with van der Waals surface area (Å²) in [7, 11) is 1.64. The molecule has 2 atom stereocenters. The van der Waals surface area contributed by atoms with E-state index in [4.69, 9.17) is 10.7 Å². The zero-order chi connectivity index (χ0) is 24.7. The molecule has 8 heteroatoms. The Morgan fingerprint density at radius 2 is 1.91 bits per heavy atom. The van der Waals surface area contributed by atoms with Gasteiger partial charge in [-0.3, -0.25) is 14.5 Å². The first-order valence-corrected chi connectivity index (χ1v) is 12.3. The van der Waals surface area contributed by atoms with Crippen molar-refractivity contribution in [3.05, 3.63) is 76.0 Å². The molecule has 176 valence electrons. The number of hydrogen-bond acceptors (Lipinski definition) is 6. The maximum absolute atomic E-state index is 13.5. The highest BCUT2D eigenvalue weighted by molar-refractivity contribution is 7.10. The van der Waals surface area contributed by atoms with Crippen LogP contribution < -0.4 is 10.6 Å². The van der Waals surface area contributed by atoms with Crippen LogP contribution >= 0.6 is 11.3 Å². The van der Waals surface area contributed by atoms with Gasteiger partial charge in [0.15, 0.2) is 5.96 Å². The molecule has 2 aliphatic heterocycles. The van der Waals surface area contributed by atoms with Crippen LogP contribution in [0.3, 0.4) is 0 Å². The lowest BCUT2D eigenvalue weighted by Gasteiger charge is -2.40. The second kappa shape index (κ2) is 8.67. The van der Waals surface area contributed by atoms with E-state index in [9.17, 15) is 14.9 Å². The number of rotatable bonds is 4. The first-order chi connectivity index (χ1) is 16.8. The molecule has 5 rings (SSSR count). The monoisotopic (exact) mass is 483 g/mol. The summed E-state index contributed by atoms with van der Waals surface area (Å²) in [5.74, 6) is -0.416. The number of hydrogen-bond donors (Lipinski definition) is 1. The summed E-state index contributed by atoms with van der Waals surface area (Å²) in [6, 6.07) is 19.3. The lowest BCUT2D eigenvalue weighted by Crippen LogP contribution is -2.52. The van der Waals surface area contributed by atoms with E-state index in [1.807, 2.05) is 60.8 Å². The Labute approximate surface area is 208 Å². The van der Waals surface area contributed by atoms with Gasteiger partial charge in [0.2, 0.25) is 11.8 Å². The van der Waals surface area contributed by atoms with Crippen LogP contribution in [0, 0.1) is 11.3 Å². The Hall–Kier alpha value is -3.96. The van der Waals surface area contributed by atoms with E-state index in [-0.39, 0.29) is 17.8 Å². The number of likely N-dealkylation sites (N-methyl/N-ethyl adjacent to an activating group) is 1. The summed E-state index contributed by atoms with van der Waals surface area (Å²) in [6.07, 6.45) is 1.42. The second-order valence-corrected chi connectivity index (χ2v) is 9.99. The van der Waals surface area contributed by atoms with Gasteiger partial charge in [0.05, 0.1) is 17.6 Å². The van der Waals surface area contributed by atoms with Crippen molar-refractivity contribution in [1.29, 1.82) is 5.26 Å². The standard InChI is InChI=1S/C27H25N5O2S/c1-27(22-14-20(16-35-22)19-6-3-5-17(13-19)15-28)24(25(34)31(2)26(29)30-27)18-8-10-21(11-9-18)32-12-4-7-23(32)33/h3,5-6,8-11,13-14,16,24H,4,7,12H2,1-2H3,(H2,29,30)/t24?,27-/m1/s1. The number of guanidine groups is 1. The van der Waals surface area contributed by atoms with Crippen LogP contribution in [0.1, 0.15) is 41.7 Å². The van der Waals surface area contributed by atoms with E-state index in [2.05, 4.69) is 6.07 Å². The molecule has 1 fully saturated rings. The fourth-order valence-electron chi connectivity index (χ4n) is 4.88. The lowest BCUT2D eigenvalue weighted by molar-refractivity contribution is -0.130. The minimum atomic E-state index is -0.908. The highest BCUT2D eigenvalue weighted by atomic mass is 32.1. The van der Waals surface area contributed by atoms with Crippen molar-refractivity contribution >= 4 is 34.8 Å². The Morgan fingerprint density at radius 3 is 2.60 bits per heavy atom. The molecule has 0 radical (unpaired) electrons. The van der Waals surface area contributed by atoms with Crippen molar-refractivity contribution in [3.63, 3.8) is 0 Å². The quantitative estimate of drug-likeness (QED) is 0.601. The normalized spacial score (nSPS) is 22.3. The van der Waals surface area contributed by atoms with E-state index in [0.717, 1.165) is 33.7 Å². The van der Waals surface area contributed by atoms with Crippen molar-refractivity contribution in [3.8, 4) is 17.2 Å². The molecule has 0 saturated carbocycles. The molecule has 2 amide bonds. The summed E-state index contributed by atoms with van der Waals surface area (Å²) >= 11 is 1.52. The zero-order valence-electron chi connectivity index (χ0n) is 19.6. The van der Waals surface area contributed by atoms with Crippen molar-refractivity contribution in [2.45, 2.75) is 31.2 Å². The number of nitrogens with two attached hydrogens (primary N) is 1. The van der Waals surface area contributed by atoms with Gasteiger partial charge in [-0.15, -0.1) is 11.3 Å². The molecular formula is C27H25N5O2S. The highest BCUT2D eigenvalue weighted by Crippen LogP contribution is 2.47. The molecule has 1 aromatic heterocycles. The molecule has 3 heterocycles. The highest BCUT2D eigenvalue weighted by Gasteiger charge is 2.48. The van der Waals surface area contributed by atoms with Crippen LogP contribution in [0.4, 0.5) is 5.69 Å². The number of anilines is 1. The molecular weight excluding hydrogens is 458 g/mol. The second-order valence-electron chi connectivity index (χ2n) is 9.08. The van der Waals surface area contributed by atoms with E-state index in [1.165, 1.54) is 16.2 Å². The molecule has 3 aromatic rings. The minimum absolute atomic E-state index is 0.125. The van der Waals surface area contributed by atoms with Crippen LogP contribution in [0.15, 0.2) is 65.0 Å². The van der Waals surface area contributed by atoms with Gasteiger partial charge in [-0.2, -0.15) is 5.26 Å². The summed E-state index contributed by atoms with van der Waals surface area (Å²) in [6.45, 7) is 2.65. The van der Waals surface area contributed by atoms with Gasteiger partial charge in [-0.25, -0.2) is 4.99 Å². The number of amides is 2. The molecule has 0 spiro atoms. The fraction of sp³-hybridized carbons (Fsp3) is 0.259. The lowest BCUT2D eigenvalue weighted by atomic mass is 9.77. The molecule has 35 heavy (non-hydrogen) atoms. The molecule has 1 saturated heterocycles. The van der Waals surface area contributed by atoms with Gasteiger partial charge in [-0.1, -0.05) is 24.3 Å². The van der Waals surface area contributed by atoms with Gasteiger partial charge >= 0.3 is 0 Å². The van der Waals surface area contributed by atoms with Crippen molar-refractivity contribution in [1.82, 2.24) is 4.90 Å². The molecule has 1 unspecified atom stereocenters. The number of carbonyl (C=O) groups excluding carboxylic acids is 2. The summed E-state index contributed by atoms with van der Waals surface area (Å²) in [5, 5.41) is 11.3. The maximum atomic E-state index is 13.5. The van der Waals surface area contributed by atoms with E-state index < -0.39 is 11.5 Å². The van der Waals surface area contributed by atoms with Crippen LogP contribution in [0.25, 0.3) is 11.1 Å². The minimum Gasteiger partial charge on any atom is -0.369 e. The van der Waals surface area contributed by atoms with Crippen molar-refractivity contribution < 1.29 is 9.59 Å². The molecule has 7 nitrogen and oxygen atoms in total. The summed E-state index contributed by atoms with van der Waals surface area (Å²) in [5.41, 5.74) is 9.42. The number of nitrogens with zero attached hydrogens (tertiary/aromatic N) is 4. The summed E-state index contributed by atoms with van der Waals surface area (Å²) < 4.78 is 0. The number of benzene rings is 2. The fourth-order valence-corrected chi connectivity index (χ4v) is 5.93. The van der Waals surface area contributed by atoms with Crippen molar-refractivity contribution in [2.75, 3.05) is 18.5 Å². The van der Waals surface area contributed by atoms with E-state index in [0.29, 0.717) is 18.5 Å². The SMILES string of the molecule is CN1C(=O)C(c2ccc(N3CCCC3=O)cc2)[C@@](C)(c2cc(-c3cccc(C#N)c3)cs2)N=C1N. The number of thiophene rings is 1. The maximum Gasteiger partial charge on any atom is 0.239 e. The molecule has 2 N–H and O–H groups in total. The molecule has 0 aliphatic carbocycles. The predicted octanol–water partition coefficient (Wildman–Crippen LogP) is 4.20. The third-order valence-corrected chi connectivity index (χ3v) is 8.02. The average molecular weight is 484 g/mol. The Kier molecular flexibility index (Phi) is 5.65. The van der Waals surface area contributed by atoms with Crippen LogP contribution in [-0.4, -0.2) is 36.3 Å². The van der Waals surface area contributed by atoms with Crippen LogP contribution in [0.2, 0.25) is 0 Å². The Bertz CT molecular complexity index is 1390. The third kappa shape index (κ3) is 3.88. The van der Waals surface area contributed by atoms with Gasteiger partial charge in [0.1, 0.15) is 5.54 Å². The molecule has 2 aromatic carbocycles. The number of carbonyl (C=O) groups is 2. The van der Waals surface area contributed by atoms with Gasteiger partial charge < -0.3 is 10.6 Å². The average Bonchev–Trinajstić information content (AvgIpc) is 3.53. The summed E-state index contributed by atoms with van der Waals surface area (Å²) in [4.78, 5) is 34.6. The molecule has 2 aliphatic rings. The van der Waals surface area contributed by atoms with Crippen LogP contribution in [-0.2, 0) is 15.1 Å². The predicted molar refractivity (Wildman–Crippen MR) is 137 cm³/mol. The number of aliphatic imine (C=N–C) groups is 1. The van der Waals surface area contributed by atoms with Crippen molar-refractivity contribution in [2.24, 2.45) is 10.7 Å². The Balaban J connectivity index is 1.55. The van der Waals surface area contributed by atoms with Gasteiger partial charge in [-0.05, 0) is 65.7 Å². The molecule has 0 bridgehead atoms. The largest absolute Gasteiger partial charge is 0.369 e. The van der Waals surface area contributed by atoms with E-state index in [1.54, 1.807) is 18.0 Å². The zero-order valence-corrected chi connectivity index (χ0v) is 20.4. The van der Waals surface area contributed by atoms with Crippen LogP contribution in [0.5, 0.6) is 0 Å². The Morgan fingerprint density at radius 1 is 1.14 bits per heavy atom. The third-order valence-electron chi connectivity index (χ3n) is 6.86. The van der Waals surface area contributed by atoms with Gasteiger partial charge in [0, 0.05) is 30.6 Å². The topological polar surface area (TPSA) is 103 Å². The smallest absolute Gasteiger partial charge is 0.239 e.